The minimum absolute atomic E-state index is 0.0118. The number of amides is 3. The number of carbonyl (C=O) groups is 3. The fourth-order valence-electron chi connectivity index (χ4n) is 9.17. The molecule has 0 unspecified atom stereocenters. The molecule has 11 nitrogen and oxygen atoms in total. The predicted octanol–water partition coefficient (Wildman–Crippen LogP) is 8.21. The number of likely N-dealkylation sites (tertiary alicyclic amines) is 1. The number of hydrogen-bond donors (Lipinski definition) is 0. The average molecular weight is 772 g/mol. The molecule has 55 heavy (non-hydrogen) atoms. The maximum atomic E-state index is 13.8. The fourth-order valence-corrected chi connectivity index (χ4v) is 9.38. The Hall–Kier alpha value is -4.48. The van der Waals surface area contributed by atoms with Crippen molar-refractivity contribution in [3.8, 4) is 23.7 Å². The Labute approximate surface area is 330 Å². The standard InChI is InChI=1S/C43H54ClN5O6/c1-40(2,3)54-38(51)47-19-17-29(18-20-47)49(39(52)55-41(4,5)6)30-21-26(22-30)11-13-28-14-16-32-34(46-28)25-48(35(32)50)36-42(7,8)37(43(36,9)10)53-31-15-12-27(24-45)33(44)23-31/h12,14-16,23,26,29-30,36-37H,17-22,25H2,1-10H3. The Morgan fingerprint density at radius 2 is 1.58 bits per heavy atom. The van der Waals surface area contributed by atoms with Gasteiger partial charge in [0.1, 0.15) is 34.8 Å². The van der Waals surface area contributed by atoms with Gasteiger partial charge in [0.05, 0.1) is 28.4 Å². The van der Waals surface area contributed by atoms with E-state index in [0.717, 1.165) is 12.8 Å². The van der Waals surface area contributed by atoms with Gasteiger partial charge in [-0.15, -0.1) is 0 Å². The normalized spacial score (nSPS) is 24.3. The van der Waals surface area contributed by atoms with Crippen molar-refractivity contribution in [2.75, 3.05) is 13.1 Å². The number of hydrogen-bond acceptors (Lipinski definition) is 8. The SMILES string of the molecule is CC(C)(C)OC(=O)N1CCC(N(C(=O)OC(C)(C)C)C2CC(C#Cc3ccc4c(n3)CN(C3C(C)(C)C(Oc5ccc(C#N)c(Cl)c5)C3(C)C)C4=O)C2)CC1. The zero-order valence-corrected chi connectivity index (χ0v) is 34.5. The third-order valence-electron chi connectivity index (χ3n) is 11.2. The van der Waals surface area contributed by atoms with Gasteiger partial charge in [0.2, 0.25) is 0 Å². The van der Waals surface area contributed by atoms with Crippen LogP contribution in [0.5, 0.6) is 5.75 Å². The molecule has 2 aliphatic carbocycles. The van der Waals surface area contributed by atoms with Gasteiger partial charge < -0.3 is 28.9 Å². The van der Waals surface area contributed by atoms with E-state index in [0.29, 0.717) is 65.8 Å². The van der Waals surface area contributed by atoms with Crippen LogP contribution in [0.15, 0.2) is 30.3 Å². The van der Waals surface area contributed by atoms with Crippen LogP contribution in [-0.2, 0) is 16.0 Å². The molecule has 1 aromatic carbocycles. The molecule has 2 aliphatic heterocycles. The second-order valence-corrected chi connectivity index (χ2v) is 19.0. The highest BCUT2D eigenvalue weighted by molar-refractivity contribution is 6.31. The molecular formula is C43H54ClN5O6. The summed E-state index contributed by atoms with van der Waals surface area (Å²) in [5.41, 5.74) is 0.348. The number of halogens is 1. The molecule has 4 aliphatic rings. The number of piperidine rings is 1. The van der Waals surface area contributed by atoms with Crippen LogP contribution in [0.1, 0.15) is 122 Å². The van der Waals surface area contributed by atoms with Crippen LogP contribution in [0.25, 0.3) is 0 Å². The maximum absolute atomic E-state index is 13.8. The van der Waals surface area contributed by atoms with E-state index in [4.69, 9.17) is 30.8 Å². The molecule has 0 radical (unpaired) electrons. The van der Waals surface area contributed by atoms with Crippen LogP contribution in [0.4, 0.5) is 9.59 Å². The number of benzene rings is 1. The number of nitriles is 1. The Bertz CT molecular complexity index is 1930. The van der Waals surface area contributed by atoms with Crippen molar-refractivity contribution in [2.45, 2.75) is 137 Å². The summed E-state index contributed by atoms with van der Waals surface area (Å²) in [7, 11) is 0. The minimum Gasteiger partial charge on any atom is -0.489 e. The molecule has 6 rings (SSSR count). The van der Waals surface area contributed by atoms with Crippen LogP contribution in [0.2, 0.25) is 5.02 Å². The number of fused-ring (bicyclic) bond motifs is 1. The summed E-state index contributed by atoms with van der Waals surface area (Å²) in [6.07, 6.45) is 1.88. The number of ether oxygens (including phenoxy) is 3. The summed E-state index contributed by atoms with van der Waals surface area (Å²) in [4.78, 5) is 50.4. The summed E-state index contributed by atoms with van der Waals surface area (Å²) >= 11 is 6.28. The molecule has 2 saturated carbocycles. The van der Waals surface area contributed by atoms with Crippen molar-refractivity contribution in [3.63, 3.8) is 0 Å². The maximum Gasteiger partial charge on any atom is 0.410 e. The zero-order valence-electron chi connectivity index (χ0n) is 33.8. The van der Waals surface area contributed by atoms with Crippen LogP contribution in [0.3, 0.4) is 0 Å². The molecule has 1 aromatic heterocycles. The highest BCUT2D eigenvalue weighted by Crippen LogP contribution is 2.59. The van der Waals surface area contributed by atoms with Crippen molar-refractivity contribution in [1.29, 1.82) is 5.26 Å². The quantitative estimate of drug-likeness (QED) is 0.279. The fraction of sp³-hybridized carbons (Fsp3) is 0.605. The van der Waals surface area contributed by atoms with Crippen LogP contribution in [0, 0.1) is 39.9 Å². The lowest BCUT2D eigenvalue weighted by Gasteiger charge is -2.65. The minimum atomic E-state index is -0.633. The second kappa shape index (κ2) is 14.5. The molecular weight excluding hydrogens is 718 g/mol. The van der Waals surface area contributed by atoms with E-state index in [1.807, 2.05) is 63.5 Å². The van der Waals surface area contributed by atoms with Gasteiger partial charge in [-0.2, -0.15) is 5.26 Å². The number of carbonyl (C=O) groups excluding carboxylic acids is 3. The number of nitrogens with zero attached hydrogens (tertiary/aromatic N) is 5. The van der Waals surface area contributed by atoms with E-state index in [-0.39, 0.29) is 59.1 Å². The third kappa shape index (κ3) is 8.24. The van der Waals surface area contributed by atoms with E-state index in [1.165, 1.54) is 0 Å². The Morgan fingerprint density at radius 3 is 2.16 bits per heavy atom. The number of aromatic nitrogens is 1. The Kier molecular flexibility index (Phi) is 10.6. The molecule has 2 aromatic rings. The first-order valence-electron chi connectivity index (χ1n) is 19.3. The molecule has 0 bridgehead atoms. The molecule has 0 spiro atoms. The smallest absolute Gasteiger partial charge is 0.410 e. The van der Waals surface area contributed by atoms with Crippen molar-refractivity contribution >= 4 is 29.7 Å². The molecule has 3 fully saturated rings. The Morgan fingerprint density at radius 1 is 0.945 bits per heavy atom. The number of pyridine rings is 1. The van der Waals surface area contributed by atoms with Crippen LogP contribution >= 0.6 is 11.6 Å². The Balaban J connectivity index is 1.09. The van der Waals surface area contributed by atoms with Gasteiger partial charge in [0.25, 0.3) is 5.91 Å². The summed E-state index contributed by atoms with van der Waals surface area (Å²) in [6.45, 7) is 21.0. The molecule has 12 heteroatoms. The second-order valence-electron chi connectivity index (χ2n) is 18.6. The van der Waals surface area contributed by atoms with Crippen molar-refractivity contribution in [3.05, 3.63) is 57.9 Å². The van der Waals surface area contributed by atoms with Gasteiger partial charge in [0, 0.05) is 54.0 Å². The van der Waals surface area contributed by atoms with Crippen LogP contribution < -0.4 is 4.74 Å². The lowest BCUT2D eigenvalue weighted by atomic mass is 9.49. The largest absolute Gasteiger partial charge is 0.489 e. The van der Waals surface area contributed by atoms with Gasteiger partial charge in [-0.1, -0.05) is 45.2 Å². The van der Waals surface area contributed by atoms with E-state index in [9.17, 15) is 19.6 Å². The van der Waals surface area contributed by atoms with Crippen molar-refractivity contribution < 1.29 is 28.6 Å². The van der Waals surface area contributed by atoms with Gasteiger partial charge in [-0.3, -0.25) is 4.79 Å². The first kappa shape index (κ1) is 40.2. The number of rotatable bonds is 5. The van der Waals surface area contributed by atoms with Gasteiger partial charge >= 0.3 is 12.2 Å². The molecule has 1 saturated heterocycles. The first-order valence-corrected chi connectivity index (χ1v) is 19.6. The summed E-state index contributed by atoms with van der Waals surface area (Å²) in [6, 6.07) is 10.6. The van der Waals surface area contributed by atoms with Gasteiger partial charge in [0.15, 0.2) is 0 Å². The highest BCUT2D eigenvalue weighted by atomic mass is 35.5. The monoisotopic (exact) mass is 771 g/mol. The predicted molar refractivity (Wildman–Crippen MR) is 208 cm³/mol. The van der Waals surface area contributed by atoms with E-state index >= 15 is 0 Å². The lowest BCUT2D eigenvalue weighted by molar-refractivity contribution is -0.199. The van der Waals surface area contributed by atoms with Crippen molar-refractivity contribution in [2.24, 2.45) is 16.7 Å². The van der Waals surface area contributed by atoms with Crippen LogP contribution in [-0.4, -0.2) is 86.3 Å². The molecule has 0 atom stereocenters. The van der Waals surface area contributed by atoms with Gasteiger partial charge in [-0.25, -0.2) is 14.6 Å². The molecule has 3 amide bonds. The topological polar surface area (TPSA) is 125 Å². The van der Waals surface area contributed by atoms with E-state index in [2.05, 4.69) is 45.6 Å². The zero-order chi connectivity index (χ0) is 40.2. The van der Waals surface area contributed by atoms with Gasteiger partial charge in [-0.05, 0) is 97.4 Å². The average Bonchev–Trinajstić information content (AvgIpc) is 3.36. The van der Waals surface area contributed by atoms with E-state index < -0.39 is 11.2 Å². The summed E-state index contributed by atoms with van der Waals surface area (Å²) in [5, 5.41) is 9.60. The van der Waals surface area contributed by atoms with E-state index in [1.54, 1.807) is 23.1 Å². The summed E-state index contributed by atoms with van der Waals surface area (Å²) < 4.78 is 17.9. The highest BCUT2D eigenvalue weighted by Gasteiger charge is 2.67. The molecule has 0 N–H and O–H groups in total. The lowest BCUT2D eigenvalue weighted by Crippen LogP contribution is -2.74. The van der Waals surface area contributed by atoms with Crippen molar-refractivity contribution in [1.82, 2.24) is 19.7 Å². The molecule has 294 valence electrons. The molecule has 3 heterocycles. The first-order chi connectivity index (χ1) is 25.6. The third-order valence-corrected chi connectivity index (χ3v) is 11.5. The summed E-state index contributed by atoms with van der Waals surface area (Å²) in [5.74, 6) is 7.26.